The number of aryl methyl sites for hydroxylation is 1. The van der Waals surface area contributed by atoms with E-state index in [9.17, 15) is 5.11 Å². The second-order valence-electron chi connectivity index (χ2n) is 6.55. The molecule has 0 aliphatic rings. The Hall–Kier alpha value is -0.627. The van der Waals surface area contributed by atoms with Gasteiger partial charge in [0.1, 0.15) is 5.75 Å². The average Bonchev–Trinajstić information content (AvgIpc) is 2.57. The van der Waals surface area contributed by atoms with Crippen LogP contribution in [0.5, 0.6) is 5.75 Å². The van der Waals surface area contributed by atoms with E-state index in [1.54, 1.807) is 6.21 Å². The third kappa shape index (κ3) is 7.25. The van der Waals surface area contributed by atoms with Gasteiger partial charge < -0.3 is 5.11 Å². The van der Waals surface area contributed by atoms with Crippen molar-refractivity contribution in [1.82, 2.24) is 0 Å². The van der Waals surface area contributed by atoms with E-state index in [0.29, 0.717) is 5.75 Å². The van der Waals surface area contributed by atoms with Crippen molar-refractivity contribution in [2.45, 2.75) is 46.0 Å². The normalized spacial score (nSPS) is 11.1. The van der Waals surface area contributed by atoms with E-state index in [0.717, 1.165) is 35.2 Å². The van der Waals surface area contributed by atoms with Gasteiger partial charge in [-0.25, -0.2) is 0 Å². The molecule has 0 aliphatic heterocycles. The van der Waals surface area contributed by atoms with E-state index in [1.165, 1.54) is 0 Å². The zero-order valence-electron chi connectivity index (χ0n) is 15.2. The van der Waals surface area contributed by atoms with Crippen molar-refractivity contribution in [1.29, 1.82) is 0 Å². The summed E-state index contributed by atoms with van der Waals surface area (Å²) >= 11 is -0.826. The van der Waals surface area contributed by atoms with Gasteiger partial charge in [0.05, 0.1) is 5.69 Å². The minimum atomic E-state index is -0.826. The van der Waals surface area contributed by atoms with Crippen molar-refractivity contribution in [2.75, 3.05) is 0 Å². The molecule has 0 bridgehead atoms. The molecule has 0 aliphatic carbocycles. The predicted molar refractivity (Wildman–Crippen MR) is 106 cm³/mol. The summed E-state index contributed by atoms with van der Waals surface area (Å²) in [6.07, 6.45) is 3.89. The molecular formula is C20H25Cl2NOZr. The quantitative estimate of drug-likeness (QED) is 0.487. The van der Waals surface area contributed by atoms with Crippen molar-refractivity contribution in [3.63, 3.8) is 0 Å². The number of aliphatic imine (C=N–C) groups is 1. The maximum absolute atomic E-state index is 10.7. The molecule has 5 heteroatoms. The monoisotopic (exact) mass is 455 g/mol. The standard InChI is InChI=1S/C20H25NO.2ClH.Zr/c1-5-11-20(3,4)18-13-15(2)12-16(19(18)22)14-21-17-9-7-6-8-10-17;;;/h6-10,12-14,22H,5,11H2,1-4H3;2*1H;/q;;;+2/p-2. The van der Waals surface area contributed by atoms with Gasteiger partial charge in [0, 0.05) is 17.3 Å². The fraction of sp³-hybridized carbons (Fsp3) is 0.350. The van der Waals surface area contributed by atoms with Crippen LogP contribution in [0.3, 0.4) is 0 Å². The van der Waals surface area contributed by atoms with Gasteiger partial charge >= 0.3 is 37.9 Å². The Bertz CT molecular complexity index is 688. The molecule has 0 heterocycles. The van der Waals surface area contributed by atoms with E-state index in [-0.39, 0.29) is 5.41 Å². The van der Waals surface area contributed by atoms with Gasteiger partial charge in [-0.15, -0.1) is 0 Å². The number of hydrogen-bond acceptors (Lipinski definition) is 2. The molecule has 0 radical (unpaired) electrons. The molecule has 0 saturated heterocycles. The fourth-order valence-electron chi connectivity index (χ4n) is 2.84. The van der Waals surface area contributed by atoms with Crippen molar-refractivity contribution >= 4 is 28.9 Å². The second kappa shape index (κ2) is 11.2. The summed E-state index contributed by atoms with van der Waals surface area (Å²) in [7, 11) is 9.87. The molecule has 25 heavy (non-hydrogen) atoms. The van der Waals surface area contributed by atoms with Gasteiger partial charge in [0.15, 0.2) is 0 Å². The molecule has 1 N–H and O–H groups in total. The summed E-state index contributed by atoms with van der Waals surface area (Å²) in [6, 6.07) is 13.8. The summed E-state index contributed by atoms with van der Waals surface area (Å²) in [5.41, 5.74) is 3.77. The Balaban J connectivity index is 0.000000970. The Kier molecular flexibility index (Phi) is 10.0. The Morgan fingerprint density at radius 1 is 1.16 bits per heavy atom. The third-order valence-electron chi connectivity index (χ3n) is 4.00. The zero-order chi connectivity index (χ0) is 18.9. The summed E-state index contributed by atoms with van der Waals surface area (Å²) in [6.45, 7) is 8.60. The van der Waals surface area contributed by atoms with Crippen LogP contribution in [0.25, 0.3) is 0 Å². The summed E-state index contributed by atoms with van der Waals surface area (Å²) in [5, 5.41) is 10.7. The number of para-hydroxylation sites is 1. The summed E-state index contributed by atoms with van der Waals surface area (Å²) < 4.78 is 0. The maximum atomic E-state index is 10.7. The molecule has 0 saturated carbocycles. The average molecular weight is 458 g/mol. The predicted octanol–water partition coefficient (Wildman–Crippen LogP) is 6.91. The van der Waals surface area contributed by atoms with Crippen LogP contribution in [0.2, 0.25) is 0 Å². The SMILES string of the molecule is CCCC(C)(C)c1cc(C)cc(C=Nc2ccccc2)c1O.[Cl][Zr][Cl]. The van der Waals surface area contributed by atoms with Gasteiger partial charge in [0.25, 0.3) is 0 Å². The molecule has 2 rings (SSSR count). The van der Waals surface area contributed by atoms with Crippen LogP contribution in [-0.2, 0) is 26.3 Å². The molecule has 134 valence electrons. The molecule has 2 aromatic carbocycles. The van der Waals surface area contributed by atoms with Crippen LogP contribution < -0.4 is 0 Å². The molecule has 2 aromatic rings. The summed E-state index contributed by atoms with van der Waals surface area (Å²) in [5.74, 6) is 0.351. The number of phenolic OH excluding ortho intramolecular Hbond substituents is 1. The minimum absolute atomic E-state index is 0.0415. The fourth-order valence-corrected chi connectivity index (χ4v) is 2.84. The van der Waals surface area contributed by atoms with Crippen molar-refractivity contribution in [3.05, 3.63) is 59.2 Å². The van der Waals surface area contributed by atoms with Crippen LogP contribution in [0.15, 0.2) is 47.5 Å². The number of nitrogens with zero attached hydrogens (tertiary/aromatic N) is 1. The molecule has 0 unspecified atom stereocenters. The van der Waals surface area contributed by atoms with E-state index in [2.05, 4.69) is 38.8 Å². The molecular weight excluding hydrogens is 432 g/mol. The van der Waals surface area contributed by atoms with E-state index in [4.69, 9.17) is 17.0 Å². The number of halogens is 2. The van der Waals surface area contributed by atoms with Crippen molar-refractivity contribution in [2.24, 2.45) is 4.99 Å². The molecule has 0 amide bonds. The number of hydrogen-bond donors (Lipinski definition) is 1. The second-order valence-corrected chi connectivity index (χ2v) is 10.3. The number of benzene rings is 2. The van der Waals surface area contributed by atoms with Crippen LogP contribution in [0.4, 0.5) is 5.69 Å². The Morgan fingerprint density at radius 3 is 2.32 bits per heavy atom. The van der Waals surface area contributed by atoms with Crippen molar-refractivity contribution < 1.29 is 26.0 Å². The number of aromatic hydroxyl groups is 1. The molecule has 0 spiro atoms. The molecule has 0 aromatic heterocycles. The first-order valence-corrected chi connectivity index (χ1v) is 14.6. The van der Waals surface area contributed by atoms with Gasteiger partial charge in [-0.2, -0.15) is 0 Å². The van der Waals surface area contributed by atoms with Crippen LogP contribution in [-0.4, -0.2) is 11.3 Å². The van der Waals surface area contributed by atoms with Crippen LogP contribution in [0.1, 0.15) is 50.3 Å². The van der Waals surface area contributed by atoms with E-state index >= 15 is 0 Å². The van der Waals surface area contributed by atoms with Gasteiger partial charge in [-0.05, 0) is 42.5 Å². The third-order valence-corrected chi connectivity index (χ3v) is 4.00. The molecule has 0 fully saturated rings. The Labute approximate surface area is 170 Å². The number of rotatable bonds is 5. The van der Waals surface area contributed by atoms with Gasteiger partial charge in [0.2, 0.25) is 0 Å². The van der Waals surface area contributed by atoms with Gasteiger partial charge in [-0.3, -0.25) is 4.99 Å². The number of phenols is 1. The van der Waals surface area contributed by atoms with Gasteiger partial charge in [-0.1, -0.05) is 51.5 Å². The van der Waals surface area contributed by atoms with E-state index < -0.39 is 20.8 Å². The first-order valence-electron chi connectivity index (χ1n) is 8.25. The summed E-state index contributed by atoms with van der Waals surface area (Å²) in [4.78, 5) is 4.46. The first-order chi connectivity index (χ1) is 11.9. The van der Waals surface area contributed by atoms with Crippen LogP contribution in [0, 0.1) is 6.92 Å². The van der Waals surface area contributed by atoms with E-state index in [1.807, 2.05) is 36.4 Å². The molecule has 0 atom stereocenters. The zero-order valence-corrected chi connectivity index (χ0v) is 19.2. The topological polar surface area (TPSA) is 32.6 Å². The van der Waals surface area contributed by atoms with Crippen molar-refractivity contribution in [3.8, 4) is 5.75 Å². The van der Waals surface area contributed by atoms with Crippen LogP contribution >= 0.6 is 17.0 Å². The molecule has 2 nitrogen and oxygen atoms in total. The first kappa shape index (κ1) is 22.4. The Morgan fingerprint density at radius 2 is 1.76 bits per heavy atom.